The number of rotatable bonds is 2. The van der Waals surface area contributed by atoms with Crippen molar-refractivity contribution in [3.05, 3.63) is 53.6 Å². The lowest BCUT2D eigenvalue weighted by atomic mass is 9.67. The zero-order valence-corrected chi connectivity index (χ0v) is 13.3. The summed E-state index contributed by atoms with van der Waals surface area (Å²) in [5, 5.41) is 19.4. The van der Waals surface area contributed by atoms with E-state index in [0.29, 0.717) is 6.42 Å². The van der Waals surface area contributed by atoms with Crippen LogP contribution in [0.25, 0.3) is 0 Å². The first-order valence-electron chi connectivity index (χ1n) is 8.08. The highest BCUT2D eigenvalue weighted by Gasteiger charge is 2.43. The van der Waals surface area contributed by atoms with Crippen LogP contribution in [0.3, 0.4) is 0 Å². The van der Waals surface area contributed by atoms with Crippen LogP contribution >= 0.6 is 0 Å². The molecule has 0 bridgehead atoms. The van der Waals surface area contributed by atoms with Gasteiger partial charge in [-0.3, -0.25) is 0 Å². The highest BCUT2D eigenvalue weighted by molar-refractivity contribution is 5.43. The van der Waals surface area contributed by atoms with E-state index in [2.05, 4.69) is 36.4 Å². The molecule has 0 N–H and O–H groups in total. The maximum Gasteiger partial charge on any atom is 0.168 e. The minimum atomic E-state index is -1.00. The van der Waals surface area contributed by atoms with E-state index in [0.717, 1.165) is 30.6 Å². The lowest BCUT2D eigenvalue weighted by molar-refractivity contribution is 0.406. The summed E-state index contributed by atoms with van der Waals surface area (Å²) in [6, 6.07) is 12.7. The van der Waals surface area contributed by atoms with Crippen LogP contribution in [0.4, 0.5) is 0 Å². The first-order chi connectivity index (χ1) is 11.2. The first kappa shape index (κ1) is 15.4. The normalized spacial score (nSPS) is 25.3. The highest BCUT2D eigenvalue weighted by atomic mass is 16.5. The van der Waals surface area contributed by atoms with Crippen molar-refractivity contribution >= 4 is 0 Å². The van der Waals surface area contributed by atoms with Gasteiger partial charge in [0.25, 0.3) is 0 Å². The van der Waals surface area contributed by atoms with Crippen molar-refractivity contribution in [2.45, 2.75) is 31.6 Å². The Kier molecular flexibility index (Phi) is 4.22. The molecule has 0 amide bonds. The number of hydrogen-bond acceptors (Lipinski definition) is 3. The number of benzene rings is 1. The summed E-state index contributed by atoms with van der Waals surface area (Å²) in [7, 11) is 1.67. The molecule has 3 rings (SSSR count). The Morgan fingerprint density at radius 2 is 2.09 bits per heavy atom. The van der Waals surface area contributed by atoms with Crippen LogP contribution in [-0.4, -0.2) is 7.11 Å². The minimum Gasteiger partial charge on any atom is -0.497 e. The average molecular weight is 304 g/mol. The molecule has 0 aliphatic heterocycles. The summed E-state index contributed by atoms with van der Waals surface area (Å²) in [6.07, 6.45) is 9.88. The lowest BCUT2D eigenvalue weighted by Gasteiger charge is -2.34. The average Bonchev–Trinajstić information content (AvgIpc) is 2.79. The van der Waals surface area contributed by atoms with Gasteiger partial charge in [0.05, 0.1) is 19.2 Å². The van der Waals surface area contributed by atoms with Crippen molar-refractivity contribution in [2.24, 2.45) is 11.3 Å². The van der Waals surface area contributed by atoms with E-state index in [9.17, 15) is 10.5 Å². The molecule has 1 aromatic rings. The second-order valence-electron chi connectivity index (χ2n) is 6.26. The molecule has 23 heavy (non-hydrogen) atoms. The molecule has 2 aliphatic rings. The molecule has 0 unspecified atom stereocenters. The Hall–Kier alpha value is -2.52. The van der Waals surface area contributed by atoms with Gasteiger partial charge in [0.2, 0.25) is 0 Å². The van der Waals surface area contributed by atoms with Gasteiger partial charge >= 0.3 is 0 Å². The van der Waals surface area contributed by atoms with Crippen molar-refractivity contribution in [1.29, 1.82) is 10.5 Å². The second-order valence-corrected chi connectivity index (χ2v) is 6.26. The van der Waals surface area contributed by atoms with Crippen molar-refractivity contribution in [1.82, 2.24) is 0 Å². The maximum atomic E-state index is 9.68. The van der Waals surface area contributed by atoms with Gasteiger partial charge in [0.1, 0.15) is 5.75 Å². The molecule has 1 aromatic carbocycles. The van der Waals surface area contributed by atoms with Crippen LogP contribution in [-0.2, 0) is 0 Å². The fourth-order valence-electron chi connectivity index (χ4n) is 3.85. The van der Waals surface area contributed by atoms with E-state index in [1.165, 1.54) is 5.56 Å². The minimum absolute atomic E-state index is 0.195. The van der Waals surface area contributed by atoms with Gasteiger partial charge in [0.15, 0.2) is 5.41 Å². The van der Waals surface area contributed by atoms with Gasteiger partial charge in [-0.1, -0.05) is 30.4 Å². The summed E-state index contributed by atoms with van der Waals surface area (Å²) >= 11 is 0. The molecule has 0 saturated carbocycles. The summed E-state index contributed by atoms with van der Waals surface area (Å²) in [6.45, 7) is 0. The zero-order chi connectivity index (χ0) is 16.3. The molecule has 0 spiro atoms. The third-order valence-corrected chi connectivity index (χ3v) is 5.04. The number of nitrogens with zero attached hydrogens (tertiary/aromatic N) is 2. The predicted octanol–water partition coefficient (Wildman–Crippen LogP) is 4.50. The van der Waals surface area contributed by atoms with Crippen LogP contribution in [0, 0.1) is 34.0 Å². The van der Waals surface area contributed by atoms with E-state index in [-0.39, 0.29) is 11.8 Å². The fraction of sp³-hybridized carbons (Fsp3) is 0.400. The van der Waals surface area contributed by atoms with Crippen LogP contribution in [0.1, 0.15) is 37.2 Å². The molecule has 0 heterocycles. The van der Waals surface area contributed by atoms with Crippen molar-refractivity contribution in [3.63, 3.8) is 0 Å². The monoisotopic (exact) mass is 304 g/mol. The Labute approximate surface area is 137 Å². The van der Waals surface area contributed by atoms with Crippen molar-refractivity contribution in [2.75, 3.05) is 7.11 Å². The molecule has 3 nitrogen and oxygen atoms in total. The Morgan fingerprint density at radius 1 is 1.26 bits per heavy atom. The largest absolute Gasteiger partial charge is 0.497 e. The van der Waals surface area contributed by atoms with Gasteiger partial charge in [-0.15, -0.1) is 0 Å². The third kappa shape index (κ3) is 2.64. The van der Waals surface area contributed by atoms with Crippen molar-refractivity contribution < 1.29 is 4.74 Å². The lowest BCUT2D eigenvalue weighted by Crippen LogP contribution is -2.27. The smallest absolute Gasteiger partial charge is 0.168 e. The van der Waals surface area contributed by atoms with E-state index in [1.807, 2.05) is 18.2 Å². The first-order valence-corrected chi connectivity index (χ1v) is 8.08. The Balaban J connectivity index is 2.07. The van der Waals surface area contributed by atoms with E-state index >= 15 is 0 Å². The van der Waals surface area contributed by atoms with Crippen LogP contribution < -0.4 is 4.74 Å². The molecule has 2 atom stereocenters. The molecular weight excluding hydrogens is 284 g/mol. The molecule has 0 aromatic heterocycles. The third-order valence-electron chi connectivity index (χ3n) is 5.04. The number of nitriles is 2. The molecule has 0 fully saturated rings. The Morgan fingerprint density at radius 3 is 2.83 bits per heavy atom. The number of hydrogen-bond donors (Lipinski definition) is 0. The van der Waals surface area contributed by atoms with E-state index in [4.69, 9.17) is 4.74 Å². The quantitative estimate of drug-likeness (QED) is 0.756. The summed E-state index contributed by atoms with van der Waals surface area (Å²) in [4.78, 5) is 0. The van der Waals surface area contributed by atoms with Crippen LogP contribution in [0.5, 0.6) is 5.75 Å². The van der Waals surface area contributed by atoms with Crippen LogP contribution in [0.15, 0.2) is 48.1 Å². The van der Waals surface area contributed by atoms with Crippen LogP contribution in [0.2, 0.25) is 0 Å². The predicted molar refractivity (Wildman–Crippen MR) is 88.6 cm³/mol. The maximum absolute atomic E-state index is 9.68. The summed E-state index contributed by atoms with van der Waals surface area (Å²) < 4.78 is 5.35. The molecule has 116 valence electrons. The molecule has 0 radical (unpaired) electrons. The fourth-order valence-corrected chi connectivity index (χ4v) is 3.85. The van der Waals surface area contributed by atoms with Gasteiger partial charge in [0, 0.05) is 12.3 Å². The van der Waals surface area contributed by atoms with E-state index < -0.39 is 5.41 Å². The van der Waals surface area contributed by atoms with Gasteiger partial charge in [-0.05, 0) is 48.4 Å². The number of methoxy groups -OCH3 is 1. The highest BCUT2D eigenvalue weighted by Crippen LogP contribution is 2.49. The summed E-state index contributed by atoms with van der Waals surface area (Å²) in [5.74, 6) is 1.25. The number of ether oxygens (including phenoxy) is 1. The van der Waals surface area contributed by atoms with Crippen molar-refractivity contribution in [3.8, 4) is 17.9 Å². The SMILES string of the molecule is COc1cccc([C@@H]2C=CCC(C#N)(C#N)C3=CCCC[C@H]32)c1. The van der Waals surface area contributed by atoms with Gasteiger partial charge in [-0.2, -0.15) is 10.5 Å². The zero-order valence-electron chi connectivity index (χ0n) is 13.3. The standard InChI is InChI=1S/C20H20N2O/c1-23-16-7-4-6-15(12-16)17-9-5-11-20(13-21,14-22)19-10-3-2-8-18(17)19/h4-7,9-10,12,17-18H,2-3,8,11H2,1H3/t17-,18-/m0/s1. The molecule has 0 saturated heterocycles. The number of fused-ring (bicyclic) bond motifs is 1. The van der Waals surface area contributed by atoms with Gasteiger partial charge < -0.3 is 4.74 Å². The molecule has 2 aliphatic carbocycles. The Bertz CT molecular complexity index is 719. The molecule has 3 heteroatoms. The topological polar surface area (TPSA) is 56.8 Å². The second kappa shape index (κ2) is 6.31. The number of allylic oxidation sites excluding steroid dienone is 4. The van der Waals surface area contributed by atoms with Gasteiger partial charge in [-0.25, -0.2) is 0 Å². The summed E-state index contributed by atoms with van der Waals surface area (Å²) in [5.41, 5.74) is 1.20. The molecular formula is C20H20N2O. The van der Waals surface area contributed by atoms with E-state index in [1.54, 1.807) is 7.11 Å².